The molecule has 1 aromatic rings. The van der Waals surface area contributed by atoms with Crippen LogP contribution in [-0.4, -0.2) is 35.3 Å². The molecule has 0 bridgehead atoms. The molecule has 0 aromatic heterocycles. The van der Waals surface area contributed by atoms with Gasteiger partial charge in [-0.05, 0) is 50.8 Å². The molecular formula is C19H25F2N3O3. The van der Waals surface area contributed by atoms with E-state index in [2.05, 4.69) is 24.5 Å². The number of carbonyl (C=O) groups is 3. The fraction of sp³-hybridized carbons (Fsp3) is 0.526. The Morgan fingerprint density at radius 2 is 1.89 bits per heavy atom. The second-order valence-corrected chi connectivity index (χ2v) is 7.51. The van der Waals surface area contributed by atoms with Gasteiger partial charge in [-0.15, -0.1) is 0 Å². The van der Waals surface area contributed by atoms with Crippen LogP contribution in [0.1, 0.15) is 46.1 Å². The van der Waals surface area contributed by atoms with Crippen LogP contribution < -0.4 is 10.6 Å². The summed E-state index contributed by atoms with van der Waals surface area (Å²) >= 11 is 0. The molecule has 2 atom stereocenters. The van der Waals surface area contributed by atoms with Gasteiger partial charge >= 0.3 is 6.03 Å². The lowest BCUT2D eigenvalue weighted by molar-refractivity contribution is -0.135. The fourth-order valence-corrected chi connectivity index (χ4v) is 3.02. The number of urea groups is 1. The standard InChI is InChI=1S/C19H25F2N3O3/c1-11(2)5-6-12(3)22-16(25)10-24-17(26)19(4,23-18(24)27)14-9-13(20)7-8-15(14)21/h7-9,11-12H,5-6,10H2,1-4H3,(H,22,25)(H,23,27)/t12-,19-/m1/s1. The number of imide groups is 1. The third-order valence-corrected chi connectivity index (χ3v) is 4.63. The summed E-state index contributed by atoms with van der Waals surface area (Å²) in [6, 6.07) is 1.75. The molecule has 1 aromatic carbocycles. The van der Waals surface area contributed by atoms with Gasteiger partial charge in [0.2, 0.25) is 5.91 Å². The molecule has 1 aliphatic heterocycles. The summed E-state index contributed by atoms with van der Waals surface area (Å²) in [6.07, 6.45) is 1.71. The van der Waals surface area contributed by atoms with Gasteiger partial charge in [-0.1, -0.05) is 13.8 Å². The predicted molar refractivity (Wildman–Crippen MR) is 95.6 cm³/mol. The van der Waals surface area contributed by atoms with Crippen molar-refractivity contribution >= 4 is 17.8 Å². The van der Waals surface area contributed by atoms with Gasteiger partial charge in [-0.3, -0.25) is 14.5 Å². The molecular weight excluding hydrogens is 356 g/mol. The van der Waals surface area contributed by atoms with Crippen LogP contribution in [0.4, 0.5) is 13.6 Å². The van der Waals surface area contributed by atoms with Gasteiger partial charge < -0.3 is 10.6 Å². The number of hydrogen-bond donors (Lipinski definition) is 2. The van der Waals surface area contributed by atoms with Crippen molar-refractivity contribution in [2.75, 3.05) is 6.54 Å². The quantitative estimate of drug-likeness (QED) is 0.713. The van der Waals surface area contributed by atoms with Crippen molar-refractivity contribution in [3.8, 4) is 0 Å². The summed E-state index contributed by atoms with van der Waals surface area (Å²) in [5.74, 6) is -2.34. The van der Waals surface area contributed by atoms with Gasteiger partial charge in [0.05, 0.1) is 0 Å². The van der Waals surface area contributed by atoms with Crippen molar-refractivity contribution in [1.29, 1.82) is 0 Å². The first kappa shape index (κ1) is 20.8. The van der Waals surface area contributed by atoms with Crippen molar-refractivity contribution in [1.82, 2.24) is 15.5 Å². The highest BCUT2D eigenvalue weighted by atomic mass is 19.1. The highest BCUT2D eigenvalue weighted by Gasteiger charge is 2.50. The largest absolute Gasteiger partial charge is 0.352 e. The van der Waals surface area contributed by atoms with Crippen LogP contribution in [0.25, 0.3) is 0 Å². The SMILES string of the molecule is CC(C)CC[C@@H](C)NC(=O)CN1C(=O)N[C@](C)(c2cc(F)ccc2F)C1=O. The number of benzene rings is 1. The molecule has 0 aliphatic carbocycles. The average molecular weight is 381 g/mol. The number of amides is 4. The summed E-state index contributed by atoms with van der Waals surface area (Å²) in [5, 5.41) is 5.11. The molecule has 148 valence electrons. The van der Waals surface area contributed by atoms with E-state index in [1.807, 2.05) is 6.92 Å². The van der Waals surface area contributed by atoms with E-state index in [1.165, 1.54) is 6.92 Å². The minimum atomic E-state index is -1.77. The van der Waals surface area contributed by atoms with Crippen molar-refractivity contribution in [3.63, 3.8) is 0 Å². The number of hydrogen-bond acceptors (Lipinski definition) is 3. The zero-order valence-corrected chi connectivity index (χ0v) is 15.9. The Kier molecular flexibility index (Phi) is 6.18. The minimum absolute atomic E-state index is 0.104. The van der Waals surface area contributed by atoms with E-state index < -0.39 is 41.6 Å². The summed E-state index contributed by atoms with van der Waals surface area (Å²) in [5.41, 5.74) is -2.05. The third-order valence-electron chi connectivity index (χ3n) is 4.63. The molecule has 0 unspecified atom stereocenters. The minimum Gasteiger partial charge on any atom is -0.352 e. The average Bonchev–Trinajstić information content (AvgIpc) is 2.79. The Morgan fingerprint density at radius 1 is 1.22 bits per heavy atom. The van der Waals surface area contributed by atoms with E-state index >= 15 is 0 Å². The molecule has 6 nitrogen and oxygen atoms in total. The van der Waals surface area contributed by atoms with E-state index in [4.69, 9.17) is 0 Å². The molecule has 8 heteroatoms. The van der Waals surface area contributed by atoms with Crippen LogP contribution >= 0.6 is 0 Å². The van der Waals surface area contributed by atoms with Crippen LogP contribution in [0.3, 0.4) is 0 Å². The second kappa shape index (κ2) is 8.02. The molecule has 27 heavy (non-hydrogen) atoms. The summed E-state index contributed by atoms with van der Waals surface area (Å²) in [7, 11) is 0. The van der Waals surface area contributed by atoms with Gasteiger partial charge in [-0.25, -0.2) is 13.6 Å². The van der Waals surface area contributed by atoms with Crippen molar-refractivity contribution < 1.29 is 23.2 Å². The number of nitrogens with one attached hydrogen (secondary N) is 2. The van der Waals surface area contributed by atoms with Gasteiger partial charge in [0.15, 0.2) is 0 Å². The highest BCUT2D eigenvalue weighted by Crippen LogP contribution is 2.31. The Balaban J connectivity index is 2.09. The number of halogens is 2. The predicted octanol–water partition coefficient (Wildman–Crippen LogP) is 2.67. The summed E-state index contributed by atoms with van der Waals surface area (Å²) in [4.78, 5) is 37.8. The normalized spacial score (nSPS) is 20.8. The Bertz CT molecular complexity index is 754. The van der Waals surface area contributed by atoms with Gasteiger partial charge in [-0.2, -0.15) is 0 Å². The van der Waals surface area contributed by atoms with E-state index in [-0.39, 0.29) is 11.6 Å². The number of nitrogens with zero attached hydrogens (tertiary/aromatic N) is 1. The third kappa shape index (κ3) is 4.61. The van der Waals surface area contributed by atoms with E-state index in [1.54, 1.807) is 0 Å². The first-order valence-electron chi connectivity index (χ1n) is 8.93. The summed E-state index contributed by atoms with van der Waals surface area (Å²) in [6.45, 7) is 6.80. The lowest BCUT2D eigenvalue weighted by atomic mass is 9.91. The molecule has 0 radical (unpaired) electrons. The lowest BCUT2D eigenvalue weighted by Crippen LogP contribution is -2.45. The van der Waals surface area contributed by atoms with Gasteiger partial charge in [0.25, 0.3) is 5.91 Å². The fourth-order valence-electron chi connectivity index (χ4n) is 3.02. The van der Waals surface area contributed by atoms with E-state index in [0.717, 1.165) is 35.9 Å². The Labute approximate surface area is 157 Å². The molecule has 2 rings (SSSR count). The van der Waals surface area contributed by atoms with Crippen molar-refractivity contribution in [3.05, 3.63) is 35.4 Å². The zero-order valence-electron chi connectivity index (χ0n) is 15.9. The molecule has 1 aliphatic rings. The first-order chi connectivity index (χ1) is 12.5. The van der Waals surface area contributed by atoms with Crippen LogP contribution in [0.5, 0.6) is 0 Å². The molecule has 0 spiro atoms. The van der Waals surface area contributed by atoms with Crippen molar-refractivity contribution in [2.45, 2.75) is 52.1 Å². The molecule has 1 heterocycles. The van der Waals surface area contributed by atoms with Crippen LogP contribution in [0.15, 0.2) is 18.2 Å². The zero-order chi connectivity index (χ0) is 20.4. The highest BCUT2D eigenvalue weighted by molar-refractivity contribution is 6.09. The van der Waals surface area contributed by atoms with E-state index in [0.29, 0.717) is 5.92 Å². The summed E-state index contributed by atoms with van der Waals surface area (Å²) < 4.78 is 27.6. The van der Waals surface area contributed by atoms with Crippen LogP contribution in [0.2, 0.25) is 0 Å². The first-order valence-corrected chi connectivity index (χ1v) is 8.93. The maximum atomic E-state index is 14.1. The Morgan fingerprint density at radius 3 is 2.52 bits per heavy atom. The maximum Gasteiger partial charge on any atom is 0.325 e. The second-order valence-electron chi connectivity index (χ2n) is 7.51. The number of rotatable bonds is 7. The smallest absolute Gasteiger partial charge is 0.325 e. The number of carbonyl (C=O) groups excluding carboxylic acids is 3. The molecule has 2 N–H and O–H groups in total. The maximum absolute atomic E-state index is 14.1. The Hall–Kier alpha value is -2.51. The van der Waals surface area contributed by atoms with Crippen LogP contribution in [0, 0.1) is 17.6 Å². The van der Waals surface area contributed by atoms with Crippen molar-refractivity contribution in [2.24, 2.45) is 5.92 Å². The monoisotopic (exact) mass is 381 g/mol. The van der Waals surface area contributed by atoms with E-state index in [9.17, 15) is 23.2 Å². The molecule has 1 saturated heterocycles. The molecule has 4 amide bonds. The molecule has 0 saturated carbocycles. The van der Waals surface area contributed by atoms with Crippen LogP contribution in [-0.2, 0) is 15.1 Å². The molecule has 1 fully saturated rings. The van der Waals surface area contributed by atoms with Gasteiger partial charge in [0.1, 0.15) is 23.7 Å². The van der Waals surface area contributed by atoms with Gasteiger partial charge in [0, 0.05) is 11.6 Å². The lowest BCUT2D eigenvalue weighted by Gasteiger charge is -2.23. The topological polar surface area (TPSA) is 78.5 Å².